The van der Waals surface area contributed by atoms with Gasteiger partial charge in [-0.1, -0.05) is 19.1 Å². The highest BCUT2D eigenvalue weighted by molar-refractivity contribution is 7.91. The topological polar surface area (TPSA) is 61.9 Å². The minimum absolute atomic E-state index is 0.403. The molecule has 8 heteroatoms. The van der Waals surface area contributed by atoms with Crippen LogP contribution in [0.2, 0.25) is 0 Å². The Morgan fingerprint density at radius 3 is 2.52 bits per heavy atom. The highest BCUT2D eigenvalue weighted by Crippen LogP contribution is 2.28. The standard InChI is InChI=1S/C19H27N3O3S2/c1-3-16-8-9-19(26-16)27(23,24)20-10-11-21-12-14-22(15-13-21)17-6-4-5-7-18(17)25-2/h4-9,20H,3,10-15H2,1-2H3. The number of para-hydroxylation sites is 2. The van der Waals surface area contributed by atoms with E-state index >= 15 is 0 Å². The van der Waals surface area contributed by atoms with Crippen molar-refractivity contribution in [2.45, 2.75) is 17.6 Å². The Bertz CT molecular complexity index is 843. The summed E-state index contributed by atoms with van der Waals surface area (Å²) in [5.41, 5.74) is 1.12. The van der Waals surface area contributed by atoms with Crippen molar-refractivity contribution >= 4 is 27.0 Å². The molecular weight excluding hydrogens is 382 g/mol. The molecule has 1 aliphatic rings. The maximum atomic E-state index is 12.4. The molecule has 1 saturated heterocycles. The van der Waals surface area contributed by atoms with Gasteiger partial charge in [0.25, 0.3) is 0 Å². The molecule has 0 atom stereocenters. The van der Waals surface area contributed by atoms with E-state index in [-0.39, 0.29) is 0 Å². The van der Waals surface area contributed by atoms with Gasteiger partial charge in [0.05, 0.1) is 12.8 Å². The predicted octanol–water partition coefficient (Wildman–Crippen LogP) is 2.42. The Labute approximate surface area is 165 Å². The summed E-state index contributed by atoms with van der Waals surface area (Å²) in [6.45, 7) is 6.77. The van der Waals surface area contributed by atoms with Crippen molar-refractivity contribution in [1.82, 2.24) is 9.62 Å². The molecule has 1 aromatic heterocycles. The summed E-state index contributed by atoms with van der Waals surface area (Å²) in [7, 11) is -1.71. The van der Waals surface area contributed by atoms with E-state index < -0.39 is 10.0 Å². The van der Waals surface area contributed by atoms with Gasteiger partial charge in [-0.2, -0.15) is 0 Å². The largest absolute Gasteiger partial charge is 0.495 e. The third kappa shape index (κ3) is 5.01. The molecule has 3 rings (SSSR count). The van der Waals surface area contributed by atoms with E-state index in [1.165, 1.54) is 11.3 Å². The summed E-state index contributed by atoms with van der Waals surface area (Å²) in [6.07, 6.45) is 0.858. The quantitative estimate of drug-likeness (QED) is 0.726. The van der Waals surface area contributed by atoms with Gasteiger partial charge >= 0.3 is 0 Å². The lowest BCUT2D eigenvalue weighted by Gasteiger charge is -2.36. The normalized spacial score (nSPS) is 15.9. The predicted molar refractivity (Wildman–Crippen MR) is 111 cm³/mol. The van der Waals surface area contributed by atoms with Gasteiger partial charge in [-0.15, -0.1) is 11.3 Å². The zero-order valence-corrected chi connectivity index (χ0v) is 17.5. The fraction of sp³-hybridized carbons (Fsp3) is 0.474. The summed E-state index contributed by atoms with van der Waals surface area (Å²) in [5.74, 6) is 0.890. The number of hydrogen-bond acceptors (Lipinski definition) is 6. The van der Waals surface area contributed by atoms with Crippen molar-refractivity contribution in [3.05, 3.63) is 41.3 Å². The van der Waals surface area contributed by atoms with Gasteiger partial charge in [0.1, 0.15) is 9.96 Å². The molecular formula is C19H27N3O3S2. The van der Waals surface area contributed by atoms with E-state index in [0.717, 1.165) is 48.9 Å². The summed E-state index contributed by atoms with van der Waals surface area (Å²) < 4.78 is 33.3. The van der Waals surface area contributed by atoms with E-state index in [0.29, 0.717) is 17.3 Å². The fourth-order valence-electron chi connectivity index (χ4n) is 3.21. The molecule has 0 bridgehead atoms. The van der Waals surface area contributed by atoms with Crippen molar-refractivity contribution in [3.63, 3.8) is 0 Å². The van der Waals surface area contributed by atoms with Crippen LogP contribution in [0.25, 0.3) is 0 Å². The van der Waals surface area contributed by atoms with Gasteiger partial charge in [-0.25, -0.2) is 13.1 Å². The van der Waals surface area contributed by atoms with E-state index in [4.69, 9.17) is 4.74 Å². The van der Waals surface area contributed by atoms with Gasteiger partial charge in [-0.3, -0.25) is 4.90 Å². The molecule has 1 aliphatic heterocycles. The maximum absolute atomic E-state index is 12.4. The molecule has 1 aromatic carbocycles. The molecule has 1 N–H and O–H groups in total. The Hall–Kier alpha value is -1.61. The summed E-state index contributed by atoms with van der Waals surface area (Å²) >= 11 is 1.34. The monoisotopic (exact) mass is 409 g/mol. The number of sulfonamides is 1. The molecule has 1 fully saturated rings. The van der Waals surface area contributed by atoms with Crippen molar-refractivity contribution < 1.29 is 13.2 Å². The molecule has 0 spiro atoms. The van der Waals surface area contributed by atoms with Crippen LogP contribution in [0.1, 0.15) is 11.8 Å². The van der Waals surface area contributed by atoms with Crippen LogP contribution in [0, 0.1) is 0 Å². The number of rotatable bonds is 8. The molecule has 0 unspecified atom stereocenters. The first-order valence-corrected chi connectivity index (χ1v) is 11.5. The van der Waals surface area contributed by atoms with Crippen molar-refractivity contribution in [2.75, 3.05) is 51.3 Å². The van der Waals surface area contributed by atoms with Gasteiger partial charge in [0, 0.05) is 44.1 Å². The Balaban J connectivity index is 1.47. The molecule has 0 amide bonds. The van der Waals surface area contributed by atoms with Crippen molar-refractivity contribution in [3.8, 4) is 5.75 Å². The first-order valence-electron chi connectivity index (χ1n) is 9.22. The average Bonchev–Trinajstić information content (AvgIpc) is 3.19. The minimum atomic E-state index is -3.40. The van der Waals surface area contributed by atoms with E-state index in [9.17, 15) is 8.42 Å². The SMILES string of the molecule is CCc1ccc(S(=O)(=O)NCCN2CCN(c3ccccc3OC)CC2)s1. The van der Waals surface area contributed by atoms with Gasteiger partial charge < -0.3 is 9.64 Å². The average molecular weight is 410 g/mol. The lowest BCUT2D eigenvalue weighted by Crippen LogP contribution is -2.48. The summed E-state index contributed by atoms with van der Waals surface area (Å²) in [5, 5.41) is 0. The lowest BCUT2D eigenvalue weighted by atomic mass is 10.2. The molecule has 2 aromatic rings. The Kier molecular flexibility index (Phi) is 6.75. The van der Waals surface area contributed by atoms with Crippen molar-refractivity contribution in [2.24, 2.45) is 0 Å². The van der Waals surface area contributed by atoms with Gasteiger partial charge in [-0.05, 0) is 30.7 Å². The van der Waals surface area contributed by atoms with Crippen LogP contribution < -0.4 is 14.4 Å². The Morgan fingerprint density at radius 2 is 1.85 bits per heavy atom. The first-order chi connectivity index (χ1) is 13.0. The molecule has 148 valence electrons. The molecule has 0 saturated carbocycles. The van der Waals surface area contributed by atoms with E-state index in [1.807, 2.05) is 31.2 Å². The minimum Gasteiger partial charge on any atom is -0.495 e. The maximum Gasteiger partial charge on any atom is 0.250 e. The van der Waals surface area contributed by atoms with Crippen LogP contribution >= 0.6 is 11.3 Å². The fourth-order valence-corrected chi connectivity index (χ4v) is 5.57. The van der Waals surface area contributed by atoms with Crippen LogP contribution in [0.4, 0.5) is 5.69 Å². The summed E-state index contributed by atoms with van der Waals surface area (Å²) in [4.78, 5) is 5.69. The van der Waals surface area contributed by atoms with Crippen LogP contribution in [0.3, 0.4) is 0 Å². The number of nitrogens with one attached hydrogen (secondary N) is 1. The number of aryl methyl sites for hydroxylation is 1. The Morgan fingerprint density at radius 1 is 1.11 bits per heavy atom. The van der Waals surface area contributed by atoms with Crippen LogP contribution in [0.5, 0.6) is 5.75 Å². The second-order valence-electron chi connectivity index (χ2n) is 6.47. The second-order valence-corrected chi connectivity index (χ2v) is 9.63. The zero-order valence-electron chi connectivity index (χ0n) is 15.8. The number of benzene rings is 1. The van der Waals surface area contributed by atoms with Gasteiger partial charge in [0.2, 0.25) is 10.0 Å². The highest BCUT2D eigenvalue weighted by Gasteiger charge is 2.21. The second kappa shape index (κ2) is 9.05. The van der Waals surface area contributed by atoms with Gasteiger partial charge in [0.15, 0.2) is 0 Å². The zero-order chi connectivity index (χ0) is 19.3. The number of piperazine rings is 1. The summed E-state index contributed by atoms with van der Waals surface area (Å²) in [6, 6.07) is 11.6. The third-order valence-corrected chi connectivity index (χ3v) is 7.95. The van der Waals surface area contributed by atoms with Crippen LogP contribution in [-0.2, 0) is 16.4 Å². The van der Waals surface area contributed by atoms with E-state index in [2.05, 4.69) is 20.6 Å². The highest BCUT2D eigenvalue weighted by atomic mass is 32.2. The number of nitrogens with zero attached hydrogens (tertiary/aromatic N) is 2. The van der Waals surface area contributed by atoms with Crippen molar-refractivity contribution in [1.29, 1.82) is 0 Å². The smallest absolute Gasteiger partial charge is 0.250 e. The number of anilines is 1. The number of methoxy groups -OCH3 is 1. The number of ether oxygens (including phenoxy) is 1. The molecule has 27 heavy (non-hydrogen) atoms. The molecule has 0 aliphatic carbocycles. The number of thiophene rings is 1. The molecule has 6 nitrogen and oxygen atoms in total. The molecule has 0 radical (unpaired) electrons. The third-order valence-electron chi connectivity index (χ3n) is 4.77. The number of hydrogen-bond donors (Lipinski definition) is 1. The van der Waals surface area contributed by atoms with Crippen LogP contribution in [0.15, 0.2) is 40.6 Å². The van der Waals surface area contributed by atoms with E-state index in [1.54, 1.807) is 13.2 Å². The van der Waals surface area contributed by atoms with Crippen LogP contribution in [-0.4, -0.2) is 59.7 Å². The first kappa shape index (κ1) is 20.1. The lowest BCUT2D eigenvalue weighted by molar-refractivity contribution is 0.261. The molecule has 2 heterocycles.